The maximum atomic E-state index is 10.5. The fourth-order valence-corrected chi connectivity index (χ4v) is 0.561. The highest BCUT2D eigenvalue weighted by molar-refractivity contribution is 5.93. The molecule has 1 fully saturated rings. The number of carbonyl (C=O) groups excluding carboxylic acids is 1. The zero-order chi connectivity index (χ0) is 8.15. The zero-order valence-corrected chi connectivity index (χ0v) is 6.77. The van der Waals surface area contributed by atoms with Gasteiger partial charge in [-0.3, -0.25) is 4.79 Å². The van der Waals surface area contributed by atoms with E-state index in [9.17, 15) is 4.79 Å². The molecular weight excluding hydrogens is 128 g/mol. The Morgan fingerprint density at radius 2 is 2.10 bits per heavy atom. The van der Waals surface area contributed by atoms with Crippen LogP contribution < -0.4 is 5.32 Å². The molecule has 0 spiro atoms. The van der Waals surface area contributed by atoms with E-state index < -0.39 is 0 Å². The molecular formula is C7H14N2O. The van der Waals surface area contributed by atoms with Gasteiger partial charge in [-0.2, -0.15) is 0 Å². The van der Waals surface area contributed by atoms with E-state index in [1.165, 1.54) is 0 Å². The Labute approximate surface area is 61.7 Å². The van der Waals surface area contributed by atoms with Gasteiger partial charge in [0.25, 0.3) is 5.91 Å². The van der Waals surface area contributed by atoms with Crippen molar-refractivity contribution >= 4 is 5.91 Å². The van der Waals surface area contributed by atoms with Crippen molar-refractivity contribution in [3.63, 3.8) is 0 Å². The first-order valence-electron chi connectivity index (χ1n) is 3.40. The molecule has 0 bridgehead atoms. The lowest BCUT2D eigenvalue weighted by Gasteiger charge is -2.05. The molecule has 0 aromatic carbocycles. The molecule has 0 atom stereocenters. The summed E-state index contributed by atoms with van der Waals surface area (Å²) in [6.45, 7) is 8.12. The Kier molecular flexibility index (Phi) is 3.54. The molecule has 3 nitrogen and oxygen atoms in total. The monoisotopic (exact) mass is 142 g/mol. The smallest absolute Gasteiger partial charge is 0.268 e. The minimum absolute atomic E-state index is 0.0625. The lowest BCUT2D eigenvalue weighted by atomic mass is 10.5. The van der Waals surface area contributed by atoms with Gasteiger partial charge >= 0.3 is 0 Å². The van der Waals surface area contributed by atoms with E-state index in [1.54, 1.807) is 4.90 Å². The standard InChI is InChI=1S/C5H8N2O.C2H6/c1-4-5(8)6-3-7(4)2;1-2/h1,3H2,2H3,(H,6,8);1-2H3. The van der Waals surface area contributed by atoms with Crippen LogP contribution in [0.5, 0.6) is 0 Å². The maximum Gasteiger partial charge on any atom is 0.268 e. The van der Waals surface area contributed by atoms with Crippen molar-refractivity contribution in [1.29, 1.82) is 0 Å². The first-order chi connectivity index (χ1) is 4.72. The molecule has 1 aliphatic rings. The Hall–Kier alpha value is -0.990. The molecule has 0 aliphatic carbocycles. The molecule has 3 heteroatoms. The van der Waals surface area contributed by atoms with Crippen LogP contribution >= 0.6 is 0 Å². The zero-order valence-electron chi connectivity index (χ0n) is 6.77. The number of rotatable bonds is 0. The van der Waals surface area contributed by atoms with E-state index in [0.717, 1.165) is 0 Å². The van der Waals surface area contributed by atoms with E-state index in [1.807, 2.05) is 20.9 Å². The number of carbonyl (C=O) groups is 1. The van der Waals surface area contributed by atoms with Gasteiger partial charge in [-0.05, 0) is 0 Å². The molecule has 1 saturated heterocycles. The third-order valence-electron chi connectivity index (χ3n) is 1.20. The second-order valence-corrected chi connectivity index (χ2v) is 1.81. The van der Waals surface area contributed by atoms with Crippen molar-refractivity contribution < 1.29 is 4.79 Å². The van der Waals surface area contributed by atoms with Crippen molar-refractivity contribution in [2.75, 3.05) is 13.7 Å². The van der Waals surface area contributed by atoms with Crippen molar-refractivity contribution in [2.45, 2.75) is 13.8 Å². The summed E-state index contributed by atoms with van der Waals surface area (Å²) in [4.78, 5) is 12.3. The molecule has 0 aromatic heterocycles. The lowest BCUT2D eigenvalue weighted by molar-refractivity contribution is -0.116. The molecule has 0 saturated carbocycles. The minimum Gasteiger partial charge on any atom is -0.353 e. The van der Waals surface area contributed by atoms with Gasteiger partial charge in [0.1, 0.15) is 0 Å². The van der Waals surface area contributed by atoms with Gasteiger partial charge in [-0.15, -0.1) is 0 Å². The van der Waals surface area contributed by atoms with Crippen molar-refractivity contribution in [3.05, 3.63) is 12.3 Å². The minimum atomic E-state index is -0.0625. The number of nitrogens with zero attached hydrogens (tertiary/aromatic N) is 1. The average molecular weight is 142 g/mol. The highest BCUT2D eigenvalue weighted by Crippen LogP contribution is 2.01. The Balaban J connectivity index is 0.000000371. The van der Waals surface area contributed by atoms with Gasteiger partial charge in [0.05, 0.1) is 12.4 Å². The molecule has 10 heavy (non-hydrogen) atoms. The highest BCUT2D eigenvalue weighted by Gasteiger charge is 2.17. The van der Waals surface area contributed by atoms with Crippen LogP contribution in [0, 0.1) is 0 Å². The van der Waals surface area contributed by atoms with Gasteiger partial charge in [0.2, 0.25) is 0 Å². The van der Waals surface area contributed by atoms with Crippen LogP contribution in [0.15, 0.2) is 12.3 Å². The van der Waals surface area contributed by atoms with Gasteiger partial charge < -0.3 is 10.2 Å². The largest absolute Gasteiger partial charge is 0.353 e. The van der Waals surface area contributed by atoms with E-state index in [4.69, 9.17) is 0 Å². The predicted molar refractivity (Wildman–Crippen MR) is 41.3 cm³/mol. The maximum absolute atomic E-state index is 10.5. The Morgan fingerprint density at radius 3 is 2.20 bits per heavy atom. The summed E-state index contributed by atoms with van der Waals surface area (Å²) in [6, 6.07) is 0. The SMILES string of the molecule is C=C1C(=O)NCN1C.CC. The van der Waals surface area contributed by atoms with E-state index in [-0.39, 0.29) is 5.91 Å². The topological polar surface area (TPSA) is 32.3 Å². The molecule has 58 valence electrons. The first-order valence-corrected chi connectivity index (χ1v) is 3.40. The lowest BCUT2D eigenvalue weighted by Crippen LogP contribution is -2.16. The van der Waals surface area contributed by atoms with Crippen molar-refractivity contribution in [2.24, 2.45) is 0 Å². The summed E-state index contributed by atoms with van der Waals surface area (Å²) >= 11 is 0. The van der Waals surface area contributed by atoms with Gasteiger partial charge in [-0.1, -0.05) is 20.4 Å². The van der Waals surface area contributed by atoms with E-state index in [0.29, 0.717) is 12.4 Å². The van der Waals surface area contributed by atoms with Crippen LogP contribution in [0.3, 0.4) is 0 Å². The van der Waals surface area contributed by atoms with Gasteiger partial charge in [-0.25, -0.2) is 0 Å². The first kappa shape index (κ1) is 9.01. The molecule has 1 amide bonds. The van der Waals surface area contributed by atoms with Crippen LogP contribution in [0.25, 0.3) is 0 Å². The second-order valence-electron chi connectivity index (χ2n) is 1.81. The van der Waals surface area contributed by atoms with Gasteiger partial charge in [0, 0.05) is 7.05 Å². The molecule has 1 N–H and O–H groups in total. The fraction of sp³-hybridized carbons (Fsp3) is 0.571. The van der Waals surface area contributed by atoms with Crippen LogP contribution in [0.1, 0.15) is 13.8 Å². The Morgan fingerprint density at radius 1 is 1.60 bits per heavy atom. The molecule has 1 heterocycles. The third kappa shape index (κ3) is 1.76. The molecule has 0 radical (unpaired) electrons. The van der Waals surface area contributed by atoms with Crippen molar-refractivity contribution in [3.8, 4) is 0 Å². The normalized spacial score (nSPS) is 16.1. The summed E-state index contributed by atoms with van der Waals surface area (Å²) in [5, 5.41) is 2.61. The van der Waals surface area contributed by atoms with E-state index >= 15 is 0 Å². The summed E-state index contributed by atoms with van der Waals surface area (Å²) < 4.78 is 0. The van der Waals surface area contributed by atoms with Crippen LogP contribution in [0.4, 0.5) is 0 Å². The van der Waals surface area contributed by atoms with Gasteiger partial charge in [0.15, 0.2) is 0 Å². The Bertz CT molecular complexity index is 143. The molecule has 1 aliphatic heterocycles. The summed E-state index contributed by atoms with van der Waals surface area (Å²) in [7, 11) is 1.82. The summed E-state index contributed by atoms with van der Waals surface area (Å²) in [5.74, 6) is -0.0625. The van der Waals surface area contributed by atoms with E-state index in [2.05, 4.69) is 11.9 Å². The summed E-state index contributed by atoms with van der Waals surface area (Å²) in [6.07, 6.45) is 0. The van der Waals surface area contributed by atoms with Crippen LogP contribution in [-0.4, -0.2) is 24.5 Å². The number of amides is 1. The number of nitrogens with one attached hydrogen (secondary N) is 1. The molecule has 0 unspecified atom stereocenters. The fourth-order valence-electron chi connectivity index (χ4n) is 0.561. The number of hydrogen-bond donors (Lipinski definition) is 1. The van der Waals surface area contributed by atoms with Crippen LogP contribution in [0.2, 0.25) is 0 Å². The number of hydrogen-bond acceptors (Lipinski definition) is 2. The average Bonchev–Trinajstić information content (AvgIpc) is 2.25. The number of likely N-dealkylation sites (N-methyl/N-ethyl adjacent to an activating group) is 1. The predicted octanol–water partition coefficient (Wildman–Crippen LogP) is 0.545. The molecule has 1 rings (SSSR count). The quantitative estimate of drug-likeness (QED) is 0.501. The third-order valence-corrected chi connectivity index (χ3v) is 1.20. The highest BCUT2D eigenvalue weighted by atomic mass is 16.2. The molecule has 0 aromatic rings. The van der Waals surface area contributed by atoms with Crippen LogP contribution in [-0.2, 0) is 4.79 Å². The second kappa shape index (κ2) is 3.93. The van der Waals surface area contributed by atoms with Crippen molar-refractivity contribution in [1.82, 2.24) is 10.2 Å². The summed E-state index contributed by atoms with van der Waals surface area (Å²) in [5.41, 5.74) is 0.546.